The minimum Gasteiger partial charge on any atom is -0.454 e. The summed E-state index contributed by atoms with van der Waals surface area (Å²) in [6, 6.07) is 29.0. The highest BCUT2D eigenvalue weighted by molar-refractivity contribution is 5.96. The van der Waals surface area contributed by atoms with Gasteiger partial charge in [0.2, 0.25) is 0 Å². The van der Waals surface area contributed by atoms with Crippen LogP contribution in [0.4, 0.5) is 0 Å². The SMILES string of the molecule is CN1[C@@H](CC(=O)c2ccccc2)CCC[C@H]1C[C@H](OC(=O)c1ccccc1)c1ccccc1.Cl. The molecule has 3 atom stereocenters. The predicted octanol–water partition coefficient (Wildman–Crippen LogP) is 6.52. The number of piperidine rings is 1. The van der Waals surface area contributed by atoms with Crippen LogP contribution in [0.15, 0.2) is 91.0 Å². The smallest absolute Gasteiger partial charge is 0.338 e. The van der Waals surface area contributed by atoms with Crippen molar-refractivity contribution in [1.82, 2.24) is 4.90 Å². The van der Waals surface area contributed by atoms with E-state index in [4.69, 9.17) is 4.74 Å². The molecule has 0 aromatic heterocycles. The molecule has 5 heteroatoms. The first kappa shape index (κ1) is 25.7. The van der Waals surface area contributed by atoms with Crippen LogP contribution in [0.25, 0.3) is 0 Å². The monoisotopic (exact) mass is 477 g/mol. The number of carbonyl (C=O) groups excluding carboxylic acids is 2. The standard InChI is InChI=1S/C29H31NO3.ClH/c1-30-25(20-27(31)22-12-5-2-6-13-22)18-11-19-26(30)21-28(23-14-7-3-8-15-23)33-29(32)24-16-9-4-10-17-24;/h2-10,12-17,25-26,28H,11,18-21H2,1H3;1H/t25-,26+,28+;/m1./s1. The number of halogens is 1. The van der Waals surface area contributed by atoms with Crippen LogP contribution in [0.3, 0.4) is 0 Å². The van der Waals surface area contributed by atoms with Crippen molar-refractivity contribution in [2.45, 2.75) is 50.3 Å². The molecule has 0 amide bonds. The van der Waals surface area contributed by atoms with Crippen LogP contribution < -0.4 is 0 Å². The van der Waals surface area contributed by atoms with E-state index < -0.39 is 0 Å². The van der Waals surface area contributed by atoms with Gasteiger partial charge < -0.3 is 4.74 Å². The van der Waals surface area contributed by atoms with Crippen molar-refractivity contribution in [2.75, 3.05) is 7.05 Å². The van der Waals surface area contributed by atoms with E-state index in [9.17, 15) is 9.59 Å². The van der Waals surface area contributed by atoms with Crippen LogP contribution in [-0.2, 0) is 4.74 Å². The Hall–Kier alpha value is -2.95. The second kappa shape index (κ2) is 12.5. The molecule has 1 aliphatic heterocycles. The summed E-state index contributed by atoms with van der Waals surface area (Å²) in [6.45, 7) is 0. The number of nitrogens with zero attached hydrogens (tertiary/aromatic N) is 1. The fourth-order valence-electron chi connectivity index (χ4n) is 4.72. The van der Waals surface area contributed by atoms with Crippen LogP contribution in [0.1, 0.15) is 64.5 Å². The molecular formula is C29H32ClNO3. The maximum absolute atomic E-state index is 12.8. The Morgan fingerprint density at radius 1 is 0.824 bits per heavy atom. The Kier molecular flexibility index (Phi) is 9.43. The first-order valence-corrected chi connectivity index (χ1v) is 11.7. The number of carbonyl (C=O) groups is 2. The van der Waals surface area contributed by atoms with Crippen LogP contribution in [0.5, 0.6) is 0 Å². The normalized spacial score (nSPS) is 19.0. The van der Waals surface area contributed by atoms with E-state index in [0.29, 0.717) is 18.4 Å². The lowest BCUT2D eigenvalue weighted by Crippen LogP contribution is -2.45. The number of ether oxygens (including phenoxy) is 1. The summed E-state index contributed by atoms with van der Waals surface area (Å²) in [5.74, 6) is -0.123. The van der Waals surface area contributed by atoms with Gasteiger partial charge >= 0.3 is 5.97 Å². The minimum absolute atomic E-state index is 0. The highest BCUT2D eigenvalue weighted by atomic mass is 35.5. The highest BCUT2D eigenvalue weighted by Crippen LogP contribution is 2.32. The van der Waals surface area contributed by atoms with Gasteiger partial charge in [-0.05, 0) is 37.6 Å². The molecule has 4 rings (SSSR count). The molecule has 0 N–H and O–H groups in total. The fraction of sp³-hybridized carbons (Fsp3) is 0.310. The molecule has 1 fully saturated rings. The van der Waals surface area contributed by atoms with Gasteiger partial charge in [-0.1, -0.05) is 85.3 Å². The van der Waals surface area contributed by atoms with Gasteiger partial charge in [0, 0.05) is 30.5 Å². The topological polar surface area (TPSA) is 46.6 Å². The molecule has 0 unspecified atom stereocenters. The van der Waals surface area contributed by atoms with Crippen LogP contribution >= 0.6 is 12.4 Å². The molecule has 3 aromatic rings. The Morgan fingerprint density at radius 2 is 1.35 bits per heavy atom. The molecule has 4 nitrogen and oxygen atoms in total. The van der Waals surface area contributed by atoms with Gasteiger partial charge in [-0.25, -0.2) is 4.79 Å². The first-order valence-electron chi connectivity index (χ1n) is 11.7. The van der Waals surface area contributed by atoms with Crippen molar-refractivity contribution in [2.24, 2.45) is 0 Å². The van der Waals surface area contributed by atoms with E-state index in [0.717, 1.165) is 30.4 Å². The summed E-state index contributed by atoms with van der Waals surface area (Å²) in [4.78, 5) is 28.0. The lowest BCUT2D eigenvalue weighted by Gasteiger charge is -2.40. The van der Waals surface area contributed by atoms with Crippen LogP contribution in [0, 0.1) is 0 Å². The van der Waals surface area contributed by atoms with E-state index in [1.165, 1.54) is 0 Å². The van der Waals surface area contributed by atoms with Gasteiger partial charge in [-0.3, -0.25) is 9.69 Å². The zero-order chi connectivity index (χ0) is 23.0. The second-order valence-electron chi connectivity index (χ2n) is 8.80. The van der Waals surface area contributed by atoms with Gasteiger partial charge in [-0.15, -0.1) is 12.4 Å². The number of esters is 1. The van der Waals surface area contributed by atoms with Gasteiger partial charge in [0.1, 0.15) is 6.10 Å². The van der Waals surface area contributed by atoms with E-state index >= 15 is 0 Å². The molecule has 3 aromatic carbocycles. The molecule has 1 aliphatic rings. The zero-order valence-corrected chi connectivity index (χ0v) is 20.3. The summed E-state index contributed by atoms with van der Waals surface area (Å²) in [7, 11) is 2.10. The molecule has 0 radical (unpaired) electrons. The predicted molar refractivity (Wildman–Crippen MR) is 137 cm³/mol. The van der Waals surface area contributed by atoms with Crippen molar-refractivity contribution in [3.63, 3.8) is 0 Å². The van der Waals surface area contributed by atoms with Gasteiger partial charge in [0.15, 0.2) is 5.78 Å². The largest absolute Gasteiger partial charge is 0.454 e. The third kappa shape index (κ3) is 6.55. The average molecular weight is 478 g/mol. The summed E-state index contributed by atoms with van der Waals surface area (Å²) < 4.78 is 6.03. The number of Topliss-reactive ketones (excluding diaryl/α,β-unsaturated/α-hetero) is 1. The molecule has 0 aliphatic carbocycles. The Labute approximate surface area is 208 Å². The van der Waals surface area contributed by atoms with Gasteiger partial charge in [-0.2, -0.15) is 0 Å². The summed E-state index contributed by atoms with van der Waals surface area (Å²) in [5, 5.41) is 0. The number of likely N-dealkylation sites (tertiary alicyclic amines) is 1. The fourth-order valence-corrected chi connectivity index (χ4v) is 4.72. The molecule has 0 bridgehead atoms. The molecule has 178 valence electrons. The summed E-state index contributed by atoms with van der Waals surface area (Å²) in [5.41, 5.74) is 2.33. The number of ketones is 1. The molecule has 1 heterocycles. The maximum atomic E-state index is 12.8. The highest BCUT2D eigenvalue weighted by Gasteiger charge is 2.32. The number of rotatable bonds is 8. The summed E-state index contributed by atoms with van der Waals surface area (Å²) in [6.07, 6.45) is 3.97. The lowest BCUT2D eigenvalue weighted by atomic mass is 9.88. The van der Waals surface area contributed by atoms with Crippen molar-refractivity contribution < 1.29 is 14.3 Å². The van der Waals surface area contributed by atoms with E-state index in [2.05, 4.69) is 11.9 Å². The quantitative estimate of drug-likeness (QED) is 0.273. The minimum atomic E-state index is -0.338. The van der Waals surface area contributed by atoms with Crippen molar-refractivity contribution in [3.05, 3.63) is 108 Å². The van der Waals surface area contributed by atoms with Crippen LogP contribution in [0.2, 0.25) is 0 Å². The molecule has 0 saturated carbocycles. The maximum Gasteiger partial charge on any atom is 0.338 e. The Bertz CT molecular complexity index is 1040. The number of benzene rings is 3. The van der Waals surface area contributed by atoms with Crippen molar-refractivity contribution in [1.29, 1.82) is 0 Å². The molecule has 1 saturated heterocycles. The van der Waals surface area contributed by atoms with Gasteiger partial charge in [0.25, 0.3) is 0 Å². The summed E-state index contributed by atoms with van der Waals surface area (Å²) >= 11 is 0. The second-order valence-corrected chi connectivity index (χ2v) is 8.80. The van der Waals surface area contributed by atoms with Crippen molar-refractivity contribution in [3.8, 4) is 0 Å². The number of hydrogen-bond donors (Lipinski definition) is 0. The molecule has 34 heavy (non-hydrogen) atoms. The van der Waals surface area contributed by atoms with E-state index in [1.807, 2.05) is 78.9 Å². The average Bonchev–Trinajstić information content (AvgIpc) is 2.87. The Balaban J connectivity index is 0.00000324. The molecular weight excluding hydrogens is 446 g/mol. The lowest BCUT2D eigenvalue weighted by molar-refractivity contribution is 0.0116. The zero-order valence-electron chi connectivity index (χ0n) is 19.5. The third-order valence-corrected chi connectivity index (χ3v) is 6.66. The van der Waals surface area contributed by atoms with Gasteiger partial charge in [0.05, 0.1) is 5.56 Å². The van der Waals surface area contributed by atoms with E-state index in [1.54, 1.807) is 12.1 Å². The first-order chi connectivity index (χ1) is 16.1. The van der Waals surface area contributed by atoms with E-state index in [-0.39, 0.29) is 42.3 Å². The molecule has 0 spiro atoms. The van der Waals surface area contributed by atoms with Crippen LogP contribution in [-0.4, -0.2) is 35.8 Å². The Morgan fingerprint density at radius 3 is 1.97 bits per heavy atom. The van der Waals surface area contributed by atoms with Crippen molar-refractivity contribution >= 4 is 24.2 Å². The number of hydrogen-bond acceptors (Lipinski definition) is 4. The third-order valence-electron chi connectivity index (χ3n) is 6.66.